The molecule has 112 valence electrons. The minimum Gasteiger partial charge on any atom is -0.435 e. The monoisotopic (exact) mass is 291 g/mol. The average Bonchev–Trinajstić information content (AvgIpc) is 2.50. The van der Waals surface area contributed by atoms with Gasteiger partial charge in [-0.1, -0.05) is 42.5 Å². The lowest BCUT2D eigenvalue weighted by molar-refractivity contribution is -0.0498. The number of aryl methyl sites for hydroxylation is 1. The molecule has 1 atom stereocenters. The number of nitrogens with one attached hydrogen (secondary N) is 1. The third-order valence-corrected chi connectivity index (χ3v) is 3.42. The van der Waals surface area contributed by atoms with Crippen LogP contribution in [0, 0.1) is 0 Å². The molecule has 2 rings (SSSR count). The molecule has 0 aliphatic carbocycles. The van der Waals surface area contributed by atoms with Gasteiger partial charge in [-0.25, -0.2) is 0 Å². The van der Waals surface area contributed by atoms with E-state index in [4.69, 9.17) is 0 Å². The number of alkyl halides is 2. The molecule has 0 heterocycles. The lowest BCUT2D eigenvalue weighted by Crippen LogP contribution is -2.17. The molecule has 0 spiro atoms. The van der Waals surface area contributed by atoms with Gasteiger partial charge in [0, 0.05) is 6.04 Å². The maximum absolute atomic E-state index is 12.1. The fourth-order valence-corrected chi connectivity index (χ4v) is 2.31. The molecule has 2 nitrogen and oxygen atoms in total. The van der Waals surface area contributed by atoms with Crippen molar-refractivity contribution >= 4 is 0 Å². The molecule has 0 aliphatic heterocycles. The molecule has 0 bridgehead atoms. The van der Waals surface area contributed by atoms with Crippen LogP contribution in [0.4, 0.5) is 8.78 Å². The topological polar surface area (TPSA) is 21.3 Å². The van der Waals surface area contributed by atoms with Gasteiger partial charge in [0.15, 0.2) is 0 Å². The summed E-state index contributed by atoms with van der Waals surface area (Å²) >= 11 is 0. The van der Waals surface area contributed by atoms with Gasteiger partial charge >= 0.3 is 6.61 Å². The Morgan fingerprint density at radius 3 is 2.24 bits per heavy atom. The number of hydrogen-bond donors (Lipinski definition) is 1. The van der Waals surface area contributed by atoms with E-state index in [1.807, 2.05) is 37.4 Å². The Bertz CT molecular complexity index is 528. The van der Waals surface area contributed by atoms with E-state index in [1.54, 1.807) is 12.1 Å². The van der Waals surface area contributed by atoms with Crippen LogP contribution in [0.2, 0.25) is 0 Å². The fourth-order valence-electron chi connectivity index (χ4n) is 2.31. The molecule has 21 heavy (non-hydrogen) atoms. The largest absolute Gasteiger partial charge is 0.435 e. The zero-order valence-electron chi connectivity index (χ0n) is 11.9. The molecule has 4 heteroatoms. The molecule has 2 aromatic carbocycles. The predicted molar refractivity (Wildman–Crippen MR) is 79.6 cm³/mol. The summed E-state index contributed by atoms with van der Waals surface area (Å²) in [5.41, 5.74) is 2.35. The standard InChI is InChI=1S/C17H19F2NO/c1-20-16(12-7-13-5-3-2-4-6-13)14-8-10-15(11-9-14)21-17(18)19/h2-6,8-11,16-17,20H,7,12H2,1H3. The summed E-state index contributed by atoms with van der Waals surface area (Å²) in [6, 6.07) is 17.3. The van der Waals surface area contributed by atoms with Crippen LogP contribution in [0.5, 0.6) is 5.75 Å². The van der Waals surface area contributed by atoms with E-state index in [2.05, 4.69) is 22.2 Å². The summed E-state index contributed by atoms with van der Waals surface area (Å²) in [6.07, 6.45) is 1.90. The first kappa shape index (κ1) is 15.4. The summed E-state index contributed by atoms with van der Waals surface area (Å²) < 4.78 is 28.6. The molecule has 0 radical (unpaired) electrons. The Kier molecular flexibility index (Phi) is 5.69. The molecular weight excluding hydrogens is 272 g/mol. The first-order valence-corrected chi connectivity index (χ1v) is 6.95. The second-order valence-electron chi connectivity index (χ2n) is 4.81. The van der Waals surface area contributed by atoms with Crippen LogP contribution in [-0.4, -0.2) is 13.7 Å². The number of hydrogen-bond acceptors (Lipinski definition) is 2. The van der Waals surface area contributed by atoms with Gasteiger partial charge in [0.05, 0.1) is 0 Å². The van der Waals surface area contributed by atoms with Crippen LogP contribution in [0.25, 0.3) is 0 Å². The SMILES string of the molecule is CNC(CCc1ccccc1)c1ccc(OC(F)F)cc1. The van der Waals surface area contributed by atoms with Crippen LogP contribution in [0.3, 0.4) is 0 Å². The van der Waals surface area contributed by atoms with Gasteiger partial charge in [-0.05, 0) is 43.1 Å². The van der Waals surface area contributed by atoms with Gasteiger partial charge in [-0.15, -0.1) is 0 Å². The van der Waals surface area contributed by atoms with Crippen LogP contribution in [0.1, 0.15) is 23.6 Å². The number of rotatable bonds is 7. The Balaban J connectivity index is 1.97. The fraction of sp³-hybridized carbons (Fsp3) is 0.294. The molecule has 2 aromatic rings. The van der Waals surface area contributed by atoms with E-state index in [9.17, 15) is 8.78 Å². The summed E-state index contributed by atoms with van der Waals surface area (Å²) in [5, 5.41) is 3.26. The van der Waals surface area contributed by atoms with Crippen molar-refractivity contribution in [1.82, 2.24) is 5.32 Å². The number of benzene rings is 2. The second kappa shape index (κ2) is 7.74. The lowest BCUT2D eigenvalue weighted by atomic mass is 9.99. The third-order valence-electron chi connectivity index (χ3n) is 3.42. The van der Waals surface area contributed by atoms with Crippen LogP contribution in [0.15, 0.2) is 54.6 Å². The second-order valence-corrected chi connectivity index (χ2v) is 4.81. The van der Waals surface area contributed by atoms with Gasteiger partial charge in [0.25, 0.3) is 0 Å². The molecular formula is C17H19F2NO. The summed E-state index contributed by atoms with van der Waals surface area (Å²) in [6.45, 7) is -2.78. The summed E-state index contributed by atoms with van der Waals surface area (Å²) in [4.78, 5) is 0. The maximum atomic E-state index is 12.1. The predicted octanol–water partition coefficient (Wildman–Crippen LogP) is 4.18. The van der Waals surface area contributed by atoms with E-state index >= 15 is 0 Å². The highest BCUT2D eigenvalue weighted by molar-refractivity contribution is 5.29. The highest BCUT2D eigenvalue weighted by Gasteiger charge is 2.10. The smallest absolute Gasteiger partial charge is 0.387 e. The van der Waals surface area contributed by atoms with Crippen LogP contribution in [-0.2, 0) is 6.42 Å². The van der Waals surface area contributed by atoms with Gasteiger partial charge in [0.2, 0.25) is 0 Å². The van der Waals surface area contributed by atoms with E-state index in [0.29, 0.717) is 0 Å². The van der Waals surface area contributed by atoms with Crippen molar-refractivity contribution in [1.29, 1.82) is 0 Å². The van der Waals surface area contributed by atoms with E-state index in [1.165, 1.54) is 5.56 Å². The highest BCUT2D eigenvalue weighted by Crippen LogP contribution is 2.22. The minimum atomic E-state index is -2.78. The number of halogens is 2. The zero-order chi connectivity index (χ0) is 15.1. The van der Waals surface area contributed by atoms with Crippen molar-refractivity contribution in [3.8, 4) is 5.75 Å². The van der Waals surface area contributed by atoms with Crippen LogP contribution >= 0.6 is 0 Å². The summed E-state index contributed by atoms with van der Waals surface area (Å²) in [7, 11) is 1.90. The van der Waals surface area contributed by atoms with E-state index < -0.39 is 6.61 Å². The van der Waals surface area contributed by atoms with E-state index in [0.717, 1.165) is 18.4 Å². The van der Waals surface area contributed by atoms with Crippen molar-refractivity contribution < 1.29 is 13.5 Å². The van der Waals surface area contributed by atoms with Gasteiger partial charge in [0.1, 0.15) is 5.75 Å². The Hall–Kier alpha value is -1.94. The van der Waals surface area contributed by atoms with Gasteiger partial charge in [-0.3, -0.25) is 0 Å². The molecule has 0 saturated carbocycles. The van der Waals surface area contributed by atoms with Gasteiger partial charge < -0.3 is 10.1 Å². The molecule has 1 unspecified atom stereocenters. The maximum Gasteiger partial charge on any atom is 0.387 e. The molecule has 0 saturated heterocycles. The molecule has 0 aromatic heterocycles. The highest BCUT2D eigenvalue weighted by atomic mass is 19.3. The van der Waals surface area contributed by atoms with Gasteiger partial charge in [-0.2, -0.15) is 8.78 Å². The van der Waals surface area contributed by atoms with Crippen molar-refractivity contribution in [2.45, 2.75) is 25.5 Å². The zero-order valence-corrected chi connectivity index (χ0v) is 11.9. The number of ether oxygens (including phenoxy) is 1. The van der Waals surface area contributed by atoms with Crippen molar-refractivity contribution in [3.05, 3.63) is 65.7 Å². The molecule has 0 amide bonds. The van der Waals surface area contributed by atoms with Crippen molar-refractivity contribution in [2.75, 3.05) is 7.05 Å². The lowest BCUT2D eigenvalue weighted by Gasteiger charge is -2.17. The quantitative estimate of drug-likeness (QED) is 0.826. The van der Waals surface area contributed by atoms with Crippen molar-refractivity contribution in [2.24, 2.45) is 0 Å². The Labute approximate surface area is 123 Å². The Morgan fingerprint density at radius 1 is 1.00 bits per heavy atom. The molecule has 0 fully saturated rings. The minimum absolute atomic E-state index is 0.186. The third kappa shape index (κ3) is 4.83. The van der Waals surface area contributed by atoms with E-state index in [-0.39, 0.29) is 11.8 Å². The van der Waals surface area contributed by atoms with Crippen LogP contribution < -0.4 is 10.1 Å². The first-order chi connectivity index (χ1) is 10.2. The first-order valence-electron chi connectivity index (χ1n) is 6.95. The Morgan fingerprint density at radius 2 is 1.67 bits per heavy atom. The molecule has 0 aliphatic rings. The summed E-state index contributed by atoms with van der Waals surface area (Å²) in [5.74, 6) is 0.187. The molecule has 1 N–H and O–H groups in total. The normalized spacial score (nSPS) is 12.4. The average molecular weight is 291 g/mol. The van der Waals surface area contributed by atoms with Crippen molar-refractivity contribution in [3.63, 3.8) is 0 Å².